The van der Waals surface area contributed by atoms with Crippen molar-refractivity contribution in [1.82, 2.24) is 15.6 Å². The molecule has 3 rings (SSSR count). The zero-order valence-corrected chi connectivity index (χ0v) is 15.6. The number of carbonyl (C=O) groups excluding carboxylic acids is 1. The summed E-state index contributed by atoms with van der Waals surface area (Å²) in [5.41, 5.74) is 0.964. The summed E-state index contributed by atoms with van der Waals surface area (Å²) in [6.07, 6.45) is 2.18. The molecule has 0 spiro atoms. The number of thiazole rings is 1. The first kappa shape index (κ1) is 16.9. The minimum atomic E-state index is -0.0198. The van der Waals surface area contributed by atoms with Crippen LogP contribution in [0, 0.1) is 12.3 Å². The molecule has 1 aliphatic rings. The molecule has 3 heterocycles. The second-order valence-electron chi connectivity index (χ2n) is 6.28. The van der Waals surface area contributed by atoms with Crippen LogP contribution in [0.4, 0.5) is 0 Å². The van der Waals surface area contributed by atoms with E-state index in [9.17, 15) is 4.79 Å². The van der Waals surface area contributed by atoms with E-state index < -0.39 is 0 Å². The molecule has 1 amide bonds. The van der Waals surface area contributed by atoms with Gasteiger partial charge in [-0.05, 0) is 50.4 Å². The summed E-state index contributed by atoms with van der Waals surface area (Å²) in [5, 5.41) is 7.32. The van der Waals surface area contributed by atoms with Crippen molar-refractivity contribution in [3.63, 3.8) is 0 Å². The van der Waals surface area contributed by atoms with E-state index in [4.69, 9.17) is 11.6 Å². The van der Waals surface area contributed by atoms with Crippen LogP contribution in [0.2, 0.25) is 4.34 Å². The fourth-order valence-electron chi connectivity index (χ4n) is 2.72. The summed E-state index contributed by atoms with van der Waals surface area (Å²) < 4.78 is 0.734. The van der Waals surface area contributed by atoms with E-state index >= 15 is 0 Å². The van der Waals surface area contributed by atoms with Gasteiger partial charge in [0, 0.05) is 6.54 Å². The van der Waals surface area contributed by atoms with Crippen molar-refractivity contribution in [3.05, 3.63) is 27.0 Å². The van der Waals surface area contributed by atoms with Gasteiger partial charge in [0.2, 0.25) is 0 Å². The van der Waals surface area contributed by atoms with Gasteiger partial charge in [-0.2, -0.15) is 0 Å². The molecule has 2 aromatic heterocycles. The Labute approximate surface area is 149 Å². The molecule has 1 fully saturated rings. The highest BCUT2D eigenvalue weighted by molar-refractivity contribution is 7.24. The Morgan fingerprint density at radius 2 is 2.13 bits per heavy atom. The number of amides is 1. The monoisotopic (exact) mass is 369 g/mol. The van der Waals surface area contributed by atoms with Gasteiger partial charge in [-0.1, -0.05) is 18.5 Å². The molecule has 0 atom stereocenters. The van der Waals surface area contributed by atoms with Gasteiger partial charge in [0.1, 0.15) is 9.88 Å². The Morgan fingerprint density at radius 3 is 2.78 bits per heavy atom. The molecule has 2 N–H and O–H groups in total. The van der Waals surface area contributed by atoms with Crippen LogP contribution in [0.1, 0.15) is 35.1 Å². The van der Waals surface area contributed by atoms with Crippen LogP contribution in [0.15, 0.2) is 12.1 Å². The lowest BCUT2D eigenvalue weighted by Crippen LogP contribution is -2.42. The van der Waals surface area contributed by atoms with Crippen LogP contribution >= 0.6 is 34.3 Å². The number of carbonyl (C=O) groups is 1. The molecule has 1 aliphatic heterocycles. The Hall–Kier alpha value is -0.950. The Balaban J connectivity index is 1.69. The topological polar surface area (TPSA) is 54.0 Å². The third-order valence-electron chi connectivity index (χ3n) is 4.27. The molecule has 2 aromatic rings. The summed E-state index contributed by atoms with van der Waals surface area (Å²) in [6, 6.07) is 3.80. The SMILES string of the molecule is Cc1nc(-c2ccc(Cl)s2)sc1C(=O)NCC1(C)CCNCC1. The number of hydrogen-bond acceptors (Lipinski definition) is 5. The number of nitrogens with zero attached hydrogens (tertiary/aromatic N) is 1. The number of aromatic nitrogens is 1. The van der Waals surface area contributed by atoms with Gasteiger partial charge in [-0.25, -0.2) is 4.98 Å². The molecule has 23 heavy (non-hydrogen) atoms. The van der Waals surface area contributed by atoms with E-state index in [2.05, 4.69) is 22.5 Å². The highest BCUT2D eigenvalue weighted by Gasteiger charge is 2.28. The zero-order chi connectivity index (χ0) is 16.4. The number of aryl methyl sites for hydroxylation is 1. The number of rotatable bonds is 4. The second-order valence-corrected chi connectivity index (χ2v) is 8.99. The number of thiophene rings is 1. The van der Waals surface area contributed by atoms with Crippen LogP contribution in [0.25, 0.3) is 9.88 Å². The van der Waals surface area contributed by atoms with Gasteiger partial charge in [-0.15, -0.1) is 22.7 Å². The quantitative estimate of drug-likeness (QED) is 0.857. The summed E-state index contributed by atoms with van der Waals surface area (Å²) in [7, 11) is 0. The van der Waals surface area contributed by atoms with E-state index in [1.165, 1.54) is 22.7 Å². The summed E-state index contributed by atoms with van der Waals surface area (Å²) in [6.45, 7) is 6.89. The van der Waals surface area contributed by atoms with Crippen molar-refractivity contribution in [2.24, 2.45) is 5.41 Å². The minimum absolute atomic E-state index is 0.0198. The molecular formula is C16H20ClN3OS2. The second kappa shape index (κ2) is 6.89. The number of hydrogen-bond donors (Lipinski definition) is 2. The minimum Gasteiger partial charge on any atom is -0.351 e. The van der Waals surface area contributed by atoms with Gasteiger partial charge < -0.3 is 10.6 Å². The van der Waals surface area contributed by atoms with E-state index in [0.717, 1.165) is 45.8 Å². The largest absolute Gasteiger partial charge is 0.351 e. The molecular weight excluding hydrogens is 350 g/mol. The first-order valence-corrected chi connectivity index (χ1v) is 9.70. The fourth-order valence-corrected chi connectivity index (χ4v) is 4.80. The van der Waals surface area contributed by atoms with Crippen molar-refractivity contribution >= 4 is 40.2 Å². The normalized spacial score (nSPS) is 17.2. The van der Waals surface area contributed by atoms with Gasteiger partial charge in [0.15, 0.2) is 0 Å². The van der Waals surface area contributed by atoms with E-state index in [1.807, 2.05) is 19.1 Å². The third kappa shape index (κ3) is 3.94. The lowest BCUT2D eigenvalue weighted by Gasteiger charge is -2.34. The molecule has 0 radical (unpaired) electrons. The highest BCUT2D eigenvalue weighted by atomic mass is 35.5. The van der Waals surface area contributed by atoms with Crippen molar-refractivity contribution in [3.8, 4) is 9.88 Å². The average Bonchev–Trinajstić information content (AvgIpc) is 3.12. The van der Waals surface area contributed by atoms with Gasteiger partial charge in [0.05, 0.1) is 14.9 Å². The Kier molecular flexibility index (Phi) is 5.06. The Morgan fingerprint density at radius 1 is 1.39 bits per heavy atom. The molecule has 4 nitrogen and oxygen atoms in total. The van der Waals surface area contributed by atoms with E-state index in [-0.39, 0.29) is 11.3 Å². The smallest absolute Gasteiger partial charge is 0.263 e. The maximum Gasteiger partial charge on any atom is 0.263 e. The molecule has 7 heteroatoms. The molecule has 1 saturated heterocycles. The third-order valence-corrected chi connectivity index (χ3v) is 6.83. The summed E-state index contributed by atoms with van der Waals surface area (Å²) in [5.74, 6) is -0.0198. The number of nitrogens with one attached hydrogen (secondary N) is 2. The highest BCUT2D eigenvalue weighted by Crippen LogP contribution is 2.35. The van der Waals surface area contributed by atoms with E-state index in [1.54, 1.807) is 0 Å². The maximum absolute atomic E-state index is 12.5. The van der Waals surface area contributed by atoms with Crippen LogP contribution in [0.5, 0.6) is 0 Å². The van der Waals surface area contributed by atoms with Gasteiger partial charge >= 0.3 is 0 Å². The van der Waals surface area contributed by atoms with Crippen LogP contribution in [0.3, 0.4) is 0 Å². The summed E-state index contributed by atoms with van der Waals surface area (Å²) in [4.78, 5) is 18.8. The first-order chi connectivity index (χ1) is 11.0. The van der Waals surface area contributed by atoms with Crippen LogP contribution in [-0.4, -0.2) is 30.5 Å². The molecule has 0 bridgehead atoms. The lowest BCUT2D eigenvalue weighted by atomic mass is 9.81. The first-order valence-electron chi connectivity index (χ1n) is 7.69. The molecule has 0 aromatic carbocycles. The Bertz CT molecular complexity index is 704. The summed E-state index contributed by atoms with van der Waals surface area (Å²) >= 11 is 8.90. The lowest BCUT2D eigenvalue weighted by molar-refractivity contribution is 0.0925. The zero-order valence-electron chi connectivity index (χ0n) is 13.2. The predicted octanol–water partition coefficient (Wildman–Crippen LogP) is 3.95. The molecule has 0 saturated carbocycles. The van der Waals surface area contributed by atoms with E-state index in [0.29, 0.717) is 11.4 Å². The van der Waals surface area contributed by atoms with Crippen LogP contribution < -0.4 is 10.6 Å². The van der Waals surface area contributed by atoms with Crippen molar-refractivity contribution in [2.45, 2.75) is 26.7 Å². The van der Waals surface area contributed by atoms with Crippen LogP contribution in [-0.2, 0) is 0 Å². The van der Waals surface area contributed by atoms with Gasteiger partial charge in [-0.3, -0.25) is 4.79 Å². The molecule has 0 unspecified atom stereocenters. The number of piperidine rings is 1. The van der Waals surface area contributed by atoms with Gasteiger partial charge in [0.25, 0.3) is 5.91 Å². The van der Waals surface area contributed by atoms with Crippen molar-refractivity contribution < 1.29 is 4.79 Å². The predicted molar refractivity (Wildman–Crippen MR) is 97.7 cm³/mol. The average molecular weight is 370 g/mol. The number of halogens is 1. The standard InChI is InChI=1S/C16H20ClN3OS2/c1-10-13(23-15(20-10)11-3-4-12(17)22-11)14(21)19-9-16(2)5-7-18-8-6-16/h3-4,18H,5-9H2,1-2H3,(H,19,21). The maximum atomic E-state index is 12.5. The fraction of sp³-hybridized carbons (Fsp3) is 0.500. The van der Waals surface area contributed by atoms with Crippen molar-refractivity contribution in [2.75, 3.05) is 19.6 Å². The molecule has 0 aliphatic carbocycles. The molecule has 124 valence electrons. The van der Waals surface area contributed by atoms with Crippen molar-refractivity contribution in [1.29, 1.82) is 0 Å².